The fraction of sp³-hybridized carbons (Fsp3) is 0.185. The average Bonchev–Trinajstić information content (AvgIpc) is 2.78. The van der Waals surface area contributed by atoms with E-state index in [9.17, 15) is 0 Å². The molecule has 28 heavy (non-hydrogen) atoms. The third-order valence-corrected chi connectivity index (χ3v) is 5.58. The number of anilines is 1. The second-order valence-electron chi connectivity index (χ2n) is 7.24. The average molecular weight is 366 g/mol. The lowest BCUT2D eigenvalue weighted by Crippen LogP contribution is -2.25. The van der Waals surface area contributed by atoms with Gasteiger partial charge in [-0.05, 0) is 35.9 Å². The summed E-state index contributed by atoms with van der Waals surface area (Å²) in [6, 6.07) is 37.1. The Morgan fingerprint density at radius 2 is 1.21 bits per heavy atom. The largest absolute Gasteiger partial charge is 0.371 e. The summed E-state index contributed by atoms with van der Waals surface area (Å²) in [5.41, 5.74) is 4.12. The minimum absolute atomic E-state index is 0.409. The second-order valence-corrected chi connectivity index (χ2v) is 7.24. The van der Waals surface area contributed by atoms with E-state index in [4.69, 9.17) is 0 Å². The monoisotopic (exact) mass is 365 g/mol. The molecule has 140 valence electrons. The van der Waals surface area contributed by atoms with Crippen LogP contribution in [0.25, 0.3) is 10.8 Å². The van der Waals surface area contributed by atoms with Crippen LogP contribution in [0.3, 0.4) is 0 Å². The molecule has 0 fully saturated rings. The minimum atomic E-state index is 0.409. The van der Waals surface area contributed by atoms with Crippen LogP contribution in [0.5, 0.6) is 0 Å². The molecule has 0 aliphatic rings. The summed E-state index contributed by atoms with van der Waals surface area (Å²) in [5, 5.41) is 2.64. The summed E-state index contributed by atoms with van der Waals surface area (Å²) < 4.78 is 0. The van der Waals surface area contributed by atoms with Crippen molar-refractivity contribution in [3.63, 3.8) is 0 Å². The Morgan fingerprint density at radius 3 is 1.86 bits per heavy atom. The summed E-state index contributed by atoms with van der Waals surface area (Å²) in [4.78, 5) is 2.52. The lowest BCUT2D eigenvalue weighted by atomic mass is 9.88. The normalized spacial score (nSPS) is 11.1. The highest BCUT2D eigenvalue weighted by atomic mass is 15.1. The highest BCUT2D eigenvalue weighted by Crippen LogP contribution is 2.31. The lowest BCUT2D eigenvalue weighted by molar-refractivity contribution is 0.682. The van der Waals surface area contributed by atoms with E-state index in [1.165, 1.54) is 27.6 Å². The van der Waals surface area contributed by atoms with Gasteiger partial charge in [-0.3, -0.25) is 0 Å². The number of benzene rings is 4. The van der Waals surface area contributed by atoms with E-state index in [2.05, 4.69) is 115 Å². The van der Waals surface area contributed by atoms with Crippen LogP contribution in [-0.4, -0.2) is 13.1 Å². The molecule has 0 aliphatic carbocycles. The first-order valence-electron chi connectivity index (χ1n) is 10.2. The Hall–Kier alpha value is -3.06. The first-order valence-corrected chi connectivity index (χ1v) is 10.2. The van der Waals surface area contributed by atoms with Gasteiger partial charge in [0.05, 0.1) is 0 Å². The van der Waals surface area contributed by atoms with Crippen molar-refractivity contribution >= 4 is 16.5 Å². The van der Waals surface area contributed by atoms with Crippen molar-refractivity contribution < 1.29 is 0 Å². The van der Waals surface area contributed by atoms with Crippen LogP contribution in [0, 0.1) is 0 Å². The highest BCUT2D eigenvalue weighted by Gasteiger charge is 2.16. The van der Waals surface area contributed by atoms with Gasteiger partial charge in [0.1, 0.15) is 0 Å². The molecule has 0 heterocycles. The van der Waals surface area contributed by atoms with Gasteiger partial charge >= 0.3 is 0 Å². The van der Waals surface area contributed by atoms with Gasteiger partial charge in [0.15, 0.2) is 0 Å². The van der Waals surface area contributed by atoms with Crippen LogP contribution >= 0.6 is 0 Å². The smallest absolute Gasteiger partial charge is 0.0445 e. The number of fused-ring (bicyclic) bond motifs is 1. The van der Waals surface area contributed by atoms with Crippen molar-refractivity contribution in [1.82, 2.24) is 0 Å². The summed E-state index contributed by atoms with van der Waals surface area (Å²) >= 11 is 0. The number of rotatable bonds is 7. The maximum atomic E-state index is 2.52. The van der Waals surface area contributed by atoms with Crippen LogP contribution < -0.4 is 4.90 Å². The van der Waals surface area contributed by atoms with Crippen molar-refractivity contribution in [2.24, 2.45) is 0 Å². The fourth-order valence-corrected chi connectivity index (χ4v) is 4.11. The molecule has 0 aromatic heterocycles. The molecule has 0 bridgehead atoms. The van der Waals surface area contributed by atoms with Crippen LogP contribution in [0.2, 0.25) is 0 Å². The second kappa shape index (κ2) is 8.75. The molecular weight excluding hydrogens is 338 g/mol. The van der Waals surface area contributed by atoms with Gasteiger partial charge in [-0.15, -0.1) is 0 Å². The highest BCUT2D eigenvalue weighted by molar-refractivity contribution is 5.94. The molecule has 0 radical (unpaired) electrons. The van der Waals surface area contributed by atoms with Crippen LogP contribution in [-0.2, 0) is 0 Å². The lowest BCUT2D eigenvalue weighted by Gasteiger charge is -2.27. The molecular formula is C27H27N. The van der Waals surface area contributed by atoms with Gasteiger partial charge in [-0.25, -0.2) is 0 Å². The van der Waals surface area contributed by atoms with Gasteiger partial charge < -0.3 is 4.90 Å². The Labute approximate surface area is 168 Å². The van der Waals surface area contributed by atoms with Gasteiger partial charge in [-0.1, -0.05) is 97.1 Å². The minimum Gasteiger partial charge on any atom is -0.371 e. The summed E-state index contributed by atoms with van der Waals surface area (Å²) in [6.45, 7) is 4.28. The van der Waals surface area contributed by atoms with E-state index in [-0.39, 0.29) is 0 Å². The van der Waals surface area contributed by atoms with E-state index in [1.54, 1.807) is 0 Å². The van der Waals surface area contributed by atoms with Crippen LogP contribution in [0.15, 0.2) is 103 Å². The summed E-state index contributed by atoms with van der Waals surface area (Å²) in [7, 11) is 0. The molecule has 0 saturated carbocycles. The predicted octanol–water partition coefficient (Wildman–Crippen LogP) is 6.89. The van der Waals surface area contributed by atoms with E-state index in [0.717, 1.165) is 19.5 Å². The Balaban J connectivity index is 1.62. The molecule has 1 heteroatoms. The molecule has 0 aliphatic heterocycles. The fourth-order valence-electron chi connectivity index (χ4n) is 4.11. The topological polar surface area (TPSA) is 3.24 Å². The Morgan fingerprint density at radius 1 is 0.643 bits per heavy atom. The molecule has 4 aromatic rings. The van der Waals surface area contributed by atoms with E-state index in [0.29, 0.717) is 5.92 Å². The molecule has 0 spiro atoms. The van der Waals surface area contributed by atoms with Crippen molar-refractivity contribution in [3.8, 4) is 0 Å². The Bertz CT molecular complexity index is 963. The van der Waals surface area contributed by atoms with Crippen LogP contribution in [0.4, 0.5) is 5.69 Å². The first-order chi connectivity index (χ1) is 13.9. The Kier molecular flexibility index (Phi) is 5.72. The van der Waals surface area contributed by atoms with E-state index < -0.39 is 0 Å². The first kappa shape index (κ1) is 18.3. The van der Waals surface area contributed by atoms with Crippen molar-refractivity contribution in [1.29, 1.82) is 0 Å². The molecule has 0 N–H and O–H groups in total. The molecule has 4 aromatic carbocycles. The van der Waals surface area contributed by atoms with Crippen molar-refractivity contribution in [2.45, 2.75) is 19.3 Å². The van der Waals surface area contributed by atoms with Gasteiger partial charge in [0, 0.05) is 30.1 Å². The number of hydrogen-bond acceptors (Lipinski definition) is 1. The molecule has 0 saturated heterocycles. The van der Waals surface area contributed by atoms with Crippen LogP contribution in [0.1, 0.15) is 30.4 Å². The third-order valence-electron chi connectivity index (χ3n) is 5.58. The summed E-state index contributed by atoms with van der Waals surface area (Å²) in [5.74, 6) is 0.409. The zero-order valence-corrected chi connectivity index (χ0v) is 16.5. The quantitative estimate of drug-likeness (QED) is 0.345. The molecule has 4 rings (SSSR count). The summed E-state index contributed by atoms with van der Waals surface area (Å²) in [6.07, 6.45) is 1.09. The number of nitrogens with zero attached hydrogens (tertiary/aromatic N) is 1. The van der Waals surface area contributed by atoms with Crippen molar-refractivity contribution in [2.75, 3.05) is 18.0 Å². The molecule has 0 amide bonds. The molecule has 0 unspecified atom stereocenters. The zero-order chi connectivity index (χ0) is 19.2. The zero-order valence-electron chi connectivity index (χ0n) is 16.5. The standard InChI is InChI=1S/C27H27N/c1-2-28(27-19-11-17-24-16-9-10-18-26(24)27)21-20-25(22-12-5-3-6-13-22)23-14-7-4-8-15-23/h3-19,25H,2,20-21H2,1H3. The maximum absolute atomic E-state index is 2.52. The predicted molar refractivity (Wildman–Crippen MR) is 121 cm³/mol. The third kappa shape index (κ3) is 3.94. The molecule has 1 nitrogen and oxygen atoms in total. The van der Waals surface area contributed by atoms with Gasteiger partial charge in [0.25, 0.3) is 0 Å². The van der Waals surface area contributed by atoms with Crippen molar-refractivity contribution in [3.05, 3.63) is 114 Å². The number of hydrogen-bond donors (Lipinski definition) is 0. The van der Waals surface area contributed by atoms with Gasteiger partial charge in [-0.2, -0.15) is 0 Å². The van der Waals surface area contributed by atoms with E-state index in [1.807, 2.05) is 0 Å². The van der Waals surface area contributed by atoms with E-state index >= 15 is 0 Å². The maximum Gasteiger partial charge on any atom is 0.0445 e. The van der Waals surface area contributed by atoms with Gasteiger partial charge in [0.2, 0.25) is 0 Å². The molecule has 0 atom stereocenters. The SMILES string of the molecule is CCN(CCC(c1ccccc1)c1ccccc1)c1cccc2ccccc12.